The van der Waals surface area contributed by atoms with Gasteiger partial charge in [-0.3, -0.25) is 0 Å². The Kier molecular flexibility index (Phi) is 7.54. The summed E-state index contributed by atoms with van der Waals surface area (Å²) in [5, 5.41) is 3.50. The van der Waals surface area contributed by atoms with E-state index in [1.54, 1.807) is 0 Å². The lowest BCUT2D eigenvalue weighted by molar-refractivity contribution is 0.0944. The van der Waals surface area contributed by atoms with Crippen LogP contribution in [0.4, 0.5) is 8.78 Å². The molecule has 0 amide bonds. The van der Waals surface area contributed by atoms with Gasteiger partial charge >= 0.3 is 0 Å². The number of nitrogens with one attached hydrogen (secondary N) is 1. The number of halogens is 2. The molecule has 1 saturated heterocycles. The average molecular weight is 389 g/mol. The van der Waals surface area contributed by atoms with Crippen molar-refractivity contribution in [2.75, 3.05) is 26.3 Å². The van der Waals surface area contributed by atoms with Gasteiger partial charge in [-0.15, -0.1) is 0 Å². The monoisotopic (exact) mass is 389 g/mol. The molecule has 5 heteroatoms. The predicted octanol–water partition coefficient (Wildman–Crippen LogP) is 4.65. The fraction of sp³-hybridized carbons (Fsp3) is 0.478. The van der Waals surface area contributed by atoms with Crippen molar-refractivity contribution >= 4 is 0 Å². The Morgan fingerprint density at radius 2 is 1.79 bits per heavy atom. The minimum absolute atomic E-state index is 0.0185. The average Bonchev–Trinajstić information content (AvgIpc) is 3.17. The number of benzene rings is 2. The van der Waals surface area contributed by atoms with Gasteiger partial charge in [0, 0.05) is 31.2 Å². The molecule has 0 radical (unpaired) electrons. The van der Waals surface area contributed by atoms with Crippen molar-refractivity contribution < 1.29 is 18.3 Å². The van der Waals surface area contributed by atoms with Crippen LogP contribution in [-0.4, -0.2) is 32.4 Å². The van der Waals surface area contributed by atoms with Crippen LogP contribution >= 0.6 is 0 Å². The van der Waals surface area contributed by atoms with Gasteiger partial charge in [0.25, 0.3) is 0 Å². The maximum atomic E-state index is 13.9. The molecule has 2 aromatic rings. The highest BCUT2D eigenvalue weighted by Gasteiger charge is 2.20. The molecular formula is C23H29F2NO2. The minimum Gasteiger partial charge on any atom is -0.377 e. The summed E-state index contributed by atoms with van der Waals surface area (Å²) in [4.78, 5) is 0. The third-order valence-electron chi connectivity index (χ3n) is 5.36. The molecule has 1 heterocycles. The van der Waals surface area contributed by atoms with Gasteiger partial charge in [-0.25, -0.2) is 8.78 Å². The summed E-state index contributed by atoms with van der Waals surface area (Å²) in [5.41, 5.74) is 3.61. The van der Waals surface area contributed by atoms with Crippen LogP contribution in [-0.2, 0) is 16.1 Å². The first-order valence-electron chi connectivity index (χ1n) is 9.95. The van der Waals surface area contributed by atoms with Crippen LogP contribution in [0.5, 0.6) is 0 Å². The van der Waals surface area contributed by atoms with E-state index in [4.69, 9.17) is 9.47 Å². The molecule has 1 aliphatic heterocycles. The number of aryl methyl sites for hydroxylation is 2. The summed E-state index contributed by atoms with van der Waals surface area (Å²) in [5.74, 6) is -1.04. The summed E-state index contributed by atoms with van der Waals surface area (Å²) < 4.78 is 39.2. The normalized spacial score (nSPS) is 17.8. The minimum atomic E-state index is -0.569. The highest BCUT2D eigenvalue weighted by Crippen LogP contribution is 2.25. The molecule has 1 aliphatic rings. The summed E-state index contributed by atoms with van der Waals surface area (Å²) in [6, 6.07) is 10.1. The van der Waals surface area contributed by atoms with E-state index < -0.39 is 11.6 Å². The van der Waals surface area contributed by atoms with Crippen molar-refractivity contribution in [2.24, 2.45) is 0 Å². The molecule has 0 spiro atoms. The van der Waals surface area contributed by atoms with Crippen LogP contribution in [0.2, 0.25) is 0 Å². The van der Waals surface area contributed by atoms with Gasteiger partial charge in [0.1, 0.15) is 11.6 Å². The zero-order chi connectivity index (χ0) is 19.9. The van der Waals surface area contributed by atoms with E-state index in [0.717, 1.165) is 32.5 Å². The highest BCUT2D eigenvalue weighted by molar-refractivity contribution is 5.37. The van der Waals surface area contributed by atoms with E-state index in [1.165, 1.54) is 34.9 Å². The Labute approximate surface area is 166 Å². The van der Waals surface area contributed by atoms with Gasteiger partial charge in [0.15, 0.2) is 0 Å². The van der Waals surface area contributed by atoms with Gasteiger partial charge < -0.3 is 14.8 Å². The van der Waals surface area contributed by atoms with E-state index in [0.29, 0.717) is 6.61 Å². The van der Waals surface area contributed by atoms with E-state index in [1.807, 2.05) is 6.07 Å². The quantitative estimate of drug-likeness (QED) is 0.677. The number of rotatable bonds is 9. The van der Waals surface area contributed by atoms with Crippen molar-refractivity contribution in [3.05, 3.63) is 70.3 Å². The Morgan fingerprint density at radius 1 is 1.11 bits per heavy atom. The standard InChI is InChI=1S/C23H29F2NO2/c1-16-6-3-7-17(2)23(16)18(12-26-13-19-8-5-11-28-19)14-27-15-20-21(24)9-4-10-22(20)25/h3-4,6-7,9-10,18-19,26H,5,8,11-15H2,1-2H3. The summed E-state index contributed by atoms with van der Waals surface area (Å²) in [6.07, 6.45) is 2.47. The first-order chi connectivity index (χ1) is 13.6. The Morgan fingerprint density at radius 3 is 2.43 bits per heavy atom. The summed E-state index contributed by atoms with van der Waals surface area (Å²) in [7, 11) is 0. The van der Waals surface area contributed by atoms with E-state index in [9.17, 15) is 8.78 Å². The van der Waals surface area contributed by atoms with E-state index in [-0.39, 0.29) is 24.2 Å². The third kappa shape index (κ3) is 5.37. The maximum Gasteiger partial charge on any atom is 0.131 e. The second-order valence-electron chi connectivity index (χ2n) is 7.51. The Balaban J connectivity index is 1.65. The van der Waals surface area contributed by atoms with Crippen LogP contribution in [0, 0.1) is 25.5 Å². The first-order valence-corrected chi connectivity index (χ1v) is 9.95. The summed E-state index contributed by atoms with van der Waals surface area (Å²) in [6.45, 7) is 6.86. The van der Waals surface area contributed by atoms with Crippen LogP contribution in [0.25, 0.3) is 0 Å². The van der Waals surface area contributed by atoms with E-state index in [2.05, 4.69) is 31.3 Å². The van der Waals surface area contributed by atoms with E-state index >= 15 is 0 Å². The molecule has 28 heavy (non-hydrogen) atoms. The predicted molar refractivity (Wildman–Crippen MR) is 107 cm³/mol. The van der Waals surface area contributed by atoms with Crippen molar-refractivity contribution in [1.82, 2.24) is 5.32 Å². The Hall–Kier alpha value is -1.82. The molecular weight excluding hydrogens is 360 g/mol. The van der Waals surface area contributed by atoms with Crippen LogP contribution in [0.15, 0.2) is 36.4 Å². The molecule has 0 aliphatic carbocycles. The summed E-state index contributed by atoms with van der Waals surface area (Å²) >= 11 is 0. The van der Waals surface area contributed by atoms with Crippen LogP contribution < -0.4 is 5.32 Å². The smallest absolute Gasteiger partial charge is 0.131 e. The lowest BCUT2D eigenvalue weighted by atomic mass is 9.91. The SMILES string of the molecule is Cc1cccc(C)c1C(CNCC1CCCO1)COCc1c(F)cccc1F. The third-order valence-corrected chi connectivity index (χ3v) is 5.36. The molecule has 0 saturated carbocycles. The first kappa shape index (κ1) is 20.9. The maximum absolute atomic E-state index is 13.9. The molecule has 3 nitrogen and oxygen atoms in total. The molecule has 2 aromatic carbocycles. The second-order valence-corrected chi connectivity index (χ2v) is 7.51. The fourth-order valence-electron chi connectivity index (χ4n) is 3.91. The van der Waals surface area contributed by atoms with Crippen LogP contribution in [0.1, 0.15) is 41.0 Å². The molecule has 2 unspecified atom stereocenters. The van der Waals surface area contributed by atoms with Crippen molar-refractivity contribution in [1.29, 1.82) is 0 Å². The van der Waals surface area contributed by atoms with Gasteiger partial charge in [0.05, 0.1) is 19.3 Å². The zero-order valence-corrected chi connectivity index (χ0v) is 16.6. The van der Waals surface area contributed by atoms with Gasteiger partial charge in [-0.1, -0.05) is 24.3 Å². The van der Waals surface area contributed by atoms with Gasteiger partial charge in [-0.05, 0) is 55.5 Å². The highest BCUT2D eigenvalue weighted by atomic mass is 19.1. The largest absolute Gasteiger partial charge is 0.377 e. The molecule has 3 rings (SSSR count). The Bertz CT molecular complexity index is 735. The van der Waals surface area contributed by atoms with Gasteiger partial charge in [0.2, 0.25) is 0 Å². The zero-order valence-electron chi connectivity index (χ0n) is 16.6. The van der Waals surface area contributed by atoms with Crippen molar-refractivity contribution in [3.8, 4) is 0 Å². The second kappa shape index (κ2) is 10.1. The molecule has 0 bridgehead atoms. The lowest BCUT2D eigenvalue weighted by Gasteiger charge is -2.23. The molecule has 1 N–H and O–H groups in total. The number of hydrogen-bond donors (Lipinski definition) is 1. The van der Waals surface area contributed by atoms with Crippen LogP contribution in [0.3, 0.4) is 0 Å². The fourth-order valence-corrected chi connectivity index (χ4v) is 3.91. The topological polar surface area (TPSA) is 30.5 Å². The van der Waals surface area contributed by atoms with Crippen molar-refractivity contribution in [3.63, 3.8) is 0 Å². The molecule has 1 fully saturated rings. The molecule has 2 atom stereocenters. The molecule has 152 valence electrons. The van der Waals surface area contributed by atoms with Gasteiger partial charge in [-0.2, -0.15) is 0 Å². The molecule has 0 aromatic heterocycles. The van der Waals surface area contributed by atoms with Crippen molar-refractivity contribution in [2.45, 2.75) is 45.3 Å². The lowest BCUT2D eigenvalue weighted by Crippen LogP contribution is -2.32. The number of ether oxygens (including phenoxy) is 2. The number of hydrogen-bond acceptors (Lipinski definition) is 3.